The average molecular weight is 331 g/mol. The summed E-state index contributed by atoms with van der Waals surface area (Å²) in [5.74, 6) is 0. The van der Waals surface area contributed by atoms with Crippen LogP contribution < -0.4 is 0 Å². The summed E-state index contributed by atoms with van der Waals surface area (Å²) in [6.07, 6.45) is 1.44. The highest BCUT2D eigenvalue weighted by Gasteiger charge is 2.16. The lowest BCUT2D eigenvalue weighted by atomic mass is 10.1. The molecule has 0 saturated heterocycles. The van der Waals surface area contributed by atoms with Gasteiger partial charge in [-0.3, -0.25) is 4.68 Å². The lowest BCUT2D eigenvalue weighted by molar-refractivity contribution is 0.175. The smallest absolute Gasteiger partial charge is 0.129 e. The number of hydrogen-bond donors (Lipinski definition) is 1. The number of nitrogens with zero attached hydrogens (tertiary/aromatic N) is 3. The van der Waals surface area contributed by atoms with Crippen LogP contribution in [0.15, 0.2) is 22.8 Å². The Morgan fingerprint density at radius 1 is 1.50 bits per heavy atom. The Kier molecular flexibility index (Phi) is 4.04. The number of rotatable bonds is 3. The minimum Gasteiger partial charge on any atom is -0.388 e. The molecule has 0 bridgehead atoms. The largest absolute Gasteiger partial charge is 0.388 e. The van der Waals surface area contributed by atoms with E-state index in [4.69, 9.17) is 11.6 Å². The quantitative estimate of drug-likeness (QED) is 0.881. The fourth-order valence-electron chi connectivity index (χ4n) is 1.79. The van der Waals surface area contributed by atoms with Crippen LogP contribution in [-0.4, -0.2) is 19.9 Å². The summed E-state index contributed by atoms with van der Waals surface area (Å²) in [7, 11) is 1.86. The molecular formula is C12H13BrClN3O. The Bertz CT molecular complexity index is 553. The number of aryl methyl sites for hydroxylation is 2. The molecule has 18 heavy (non-hydrogen) atoms. The molecule has 96 valence electrons. The molecule has 1 atom stereocenters. The second kappa shape index (κ2) is 5.38. The summed E-state index contributed by atoms with van der Waals surface area (Å²) in [4.78, 5) is 3.96. The first kappa shape index (κ1) is 13.5. The van der Waals surface area contributed by atoms with Crippen LogP contribution in [0.1, 0.15) is 23.1 Å². The van der Waals surface area contributed by atoms with E-state index in [1.54, 1.807) is 23.0 Å². The van der Waals surface area contributed by atoms with Crippen molar-refractivity contribution < 1.29 is 5.11 Å². The van der Waals surface area contributed by atoms with Crippen molar-refractivity contribution in [3.63, 3.8) is 0 Å². The minimum absolute atomic E-state index is 0.420. The normalized spacial score (nSPS) is 12.7. The molecular weight excluding hydrogens is 318 g/mol. The topological polar surface area (TPSA) is 50.9 Å². The first-order chi connectivity index (χ1) is 8.49. The van der Waals surface area contributed by atoms with Gasteiger partial charge < -0.3 is 5.11 Å². The van der Waals surface area contributed by atoms with E-state index in [1.807, 2.05) is 14.0 Å². The molecule has 1 unspecified atom stereocenters. The molecule has 0 amide bonds. The Morgan fingerprint density at radius 3 is 2.72 bits per heavy atom. The van der Waals surface area contributed by atoms with E-state index in [2.05, 4.69) is 26.0 Å². The van der Waals surface area contributed by atoms with Gasteiger partial charge in [-0.1, -0.05) is 17.7 Å². The summed E-state index contributed by atoms with van der Waals surface area (Å²) in [5, 5.41) is 14.9. The van der Waals surface area contributed by atoms with Crippen LogP contribution >= 0.6 is 27.5 Å². The number of halogens is 2. The van der Waals surface area contributed by atoms with Gasteiger partial charge in [-0.15, -0.1) is 0 Å². The number of pyridine rings is 1. The Balaban J connectivity index is 2.21. The van der Waals surface area contributed by atoms with Gasteiger partial charge in [-0.2, -0.15) is 5.10 Å². The van der Waals surface area contributed by atoms with E-state index < -0.39 is 6.10 Å². The van der Waals surface area contributed by atoms with Crippen LogP contribution in [0.25, 0.3) is 0 Å². The zero-order chi connectivity index (χ0) is 13.3. The van der Waals surface area contributed by atoms with Gasteiger partial charge in [-0.25, -0.2) is 4.98 Å². The van der Waals surface area contributed by atoms with E-state index in [1.165, 1.54) is 0 Å². The van der Waals surface area contributed by atoms with Gasteiger partial charge in [0.1, 0.15) is 5.15 Å². The average Bonchev–Trinajstić information content (AvgIpc) is 2.57. The lowest BCUT2D eigenvalue weighted by Gasteiger charge is -2.11. The van der Waals surface area contributed by atoms with Crippen LogP contribution in [0, 0.1) is 6.92 Å². The first-order valence-corrected chi connectivity index (χ1v) is 6.63. The first-order valence-electron chi connectivity index (χ1n) is 5.46. The highest BCUT2D eigenvalue weighted by atomic mass is 79.9. The third-order valence-electron chi connectivity index (χ3n) is 2.78. The molecule has 0 aliphatic carbocycles. The van der Waals surface area contributed by atoms with Crippen LogP contribution in [0.5, 0.6) is 0 Å². The van der Waals surface area contributed by atoms with Crippen LogP contribution in [-0.2, 0) is 13.5 Å². The van der Waals surface area contributed by atoms with Crippen molar-refractivity contribution in [3.05, 3.63) is 44.9 Å². The molecule has 0 saturated carbocycles. The Morgan fingerprint density at radius 2 is 2.22 bits per heavy atom. The Hall–Kier alpha value is -0.910. The zero-order valence-electron chi connectivity index (χ0n) is 10.1. The predicted molar refractivity (Wildman–Crippen MR) is 73.6 cm³/mol. The molecule has 0 aromatic carbocycles. The molecule has 0 aliphatic heterocycles. The van der Waals surface area contributed by atoms with Crippen molar-refractivity contribution in [1.29, 1.82) is 0 Å². The molecule has 0 radical (unpaired) electrons. The van der Waals surface area contributed by atoms with Crippen molar-refractivity contribution in [2.24, 2.45) is 7.05 Å². The van der Waals surface area contributed by atoms with Crippen molar-refractivity contribution in [3.8, 4) is 0 Å². The number of aromatic nitrogens is 3. The monoisotopic (exact) mass is 329 g/mol. The second-order valence-corrected chi connectivity index (χ2v) is 5.28. The maximum Gasteiger partial charge on any atom is 0.129 e. The summed E-state index contributed by atoms with van der Waals surface area (Å²) in [5.41, 5.74) is 2.61. The summed E-state index contributed by atoms with van der Waals surface area (Å²) >= 11 is 9.20. The minimum atomic E-state index is -0.624. The molecule has 2 aromatic heterocycles. The van der Waals surface area contributed by atoms with E-state index in [0.717, 1.165) is 21.4 Å². The van der Waals surface area contributed by atoms with Gasteiger partial charge >= 0.3 is 0 Å². The molecule has 0 fully saturated rings. The summed E-state index contributed by atoms with van der Waals surface area (Å²) in [6.45, 7) is 1.92. The third-order valence-corrected chi connectivity index (χ3v) is 4.04. The van der Waals surface area contributed by atoms with E-state index in [0.29, 0.717) is 11.6 Å². The highest BCUT2D eigenvalue weighted by Crippen LogP contribution is 2.25. The molecule has 2 aromatic rings. The van der Waals surface area contributed by atoms with Crippen LogP contribution in [0.2, 0.25) is 5.15 Å². The van der Waals surface area contributed by atoms with Gasteiger partial charge in [0.25, 0.3) is 0 Å². The highest BCUT2D eigenvalue weighted by molar-refractivity contribution is 9.10. The molecule has 2 rings (SSSR count). The molecule has 1 N–H and O–H groups in total. The molecule has 2 heterocycles. The SMILES string of the molecule is Cc1nn(C)c(CC(O)c2ccc(Cl)nc2)c1Br. The van der Waals surface area contributed by atoms with Crippen LogP contribution in [0.3, 0.4) is 0 Å². The molecule has 6 heteroatoms. The standard InChI is InChI=1S/C12H13BrClN3O/c1-7-12(13)9(17(2)16-7)5-10(18)8-3-4-11(14)15-6-8/h3-4,6,10,18H,5H2,1-2H3. The molecule has 0 aliphatic rings. The van der Waals surface area contributed by atoms with Gasteiger partial charge in [0.2, 0.25) is 0 Å². The third kappa shape index (κ3) is 2.74. The summed E-state index contributed by atoms with van der Waals surface area (Å²) in [6, 6.07) is 3.45. The van der Waals surface area contributed by atoms with Crippen molar-refractivity contribution >= 4 is 27.5 Å². The Labute approximate surface area is 119 Å². The van der Waals surface area contributed by atoms with Gasteiger partial charge in [-0.05, 0) is 34.5 Å². The number of aliphatic hydroxyl groups excluding tert-OH is 1. The summed E-state index contributed by atoms with van der Waals surface area (Å²) < 4.78 is 2.71. The predicted octanol–water partition coefficient (Wildman–Crippen LogP) is 2.82. The van der Waals surface area contributed by atoms with Gasteiger partial charge in [0.15, 0.2) is 0 Å². The van der Waals surface area contributed by atoms with E-state index >= 15 is 0 Å². The van der Waals surface area contributed by atoms with Gasteiger partial charge in [0.05, 0.1) is 22.0 Å². The van der Waals surface area contributed by atoms with Crippen molar-refractivity contribution in [2.45, 2.75) is 19.4 Å². The maximum absolute atomic E-state index is 10.2. The van der Waals surface area contributed by atoms with Crippen molar-refractivity contribution in [1.82, 2.24) is 14.8 Å². The molecule has 0 spiro atoms. The van der Waals surface area contributed by atoms with Crippen LogP contribution in [0.4, 0.5) is 0 Å². The van der Waals surface area contributed by atoms with Crippen molar-refractivity contribution in [2.75, 3.05) is 0 Å². The van der Waals surface area contributed by atoms with E-state index in [-0.39, 0.29) is 0 Å². The number of hydrogen-bond acceptors (Lipinski definition) is 3. The molecule has 4 nitrogen and oxygen atoms in total. The van der Waals surface area contributed by atoms with E-state index in [9.17, 15) is 5.11 Å². The fraction of sp³-hybridized carbons (Fsp3) is 0.333. The maximum atomic E-state index is 10.2. The number of aliphatic hydroxyl groups is 1. The fourth-order valence-corrected chi connectivity index (χ4v) is 2.40. The zero-order valence-corrected chi connectivity index (χ0v) is 12.4. The second-order valence-electron chi connectivity index (χ2n) is 4.10. The van der Waals surface area contributed by atoms with Gasteiger partial charge in [0, 0.05) is 19.7 Å². The lowest BCUT2D eigenvalue weighted by Crippen LogP contribution is -2.07.